The van der Waals surface area contributed by atoms with E-state index in [9.17, 15) is 13.2 Å². The van der Waals surface area contributed by atoms with Gasteiger partial charge in [-0.3, -0.25) is 4.79 Å². The molecule has 0 bridgehead atoms. The number of benzene rings is 1. The number of nitrogens with two attached hydrogens (primary N) is 1. The van der Waals surface area contributed by atoms with Gasteiger partial charge in [-0.15, -0.1) is 0 Å². The summed E-state index contributed by atoms with van der Waals surface area (Å²) in [5.74, 6) is -0.483. The van der Waals surface area contributed by atoms with Gasteiger partial charge in [0.15, 0.2) is 0 Å². The SMILES string of the molecule is CCC(C)(C)NC(=O)c1cc(S(N)(=O)=O)c(Cl)cc1Cl. The summed E-state index contributed by atoms with van der Waals surface area (Å²) in [6, 6.07) is 2.28. The van der Waals surface area contributed by atoms with Gasteiger partial charge in [0.25, 0.3) is 5.91 Å². The molecule has 0 aliphatic heterocycles. The Balaban J connectivity index is 3.30. The van der Waals surface area contributed by atoms with Crippen LogP contribution in [0.5, 0.6) is 0 Å². The number of carbonyl (C=O) groups excluding carboxylic acids is 1. The van der Waals surface area contributed by atoms with Gasteiger partial charge in [0.05, 0.1) is 15.6 Å². The number of rotatable bonds is 4. The molecule has 0 aliphatic rings. The Hall–Kier alpha value is -0.820. The third-order valence-corrected chi connectivity index (χ3v) is 4.60. The zero-order valence-electron chi connectivity index (χ0n) is 11.3. The normalized spacial score (nSPS) is 12.3. The molecule has 0 atom stereocenters. The van der Waals surface area contributed by atoms with Crippen LogP contribution >= 0.6 is 23.2 Å². The molecule has 0 radical (unpaired) electrons. The first kappa shape index (κ1) is 17.2. The number of amides is 1. The predicted octanol–water partition coefficient (Wildman–Crippen LogP) is 2.56. The molecule has 1 rings (SSSR count). The van der Waals surface area contributed by atoms with E-state index in [2.05, 4.69) is 5.32 Å². The standard InChI is InChI=1S/C12H16Cl2N2O3S/c1-4-12(2,3)16-11(17)7-5-10(20(15,18)19)9(14)6-8(7)13/h5-6H,4H2,1-3H3,(H,16,17)(H2,15,18,19). The predicted molar refractivity (Wildman–Crippen MR) is 79.7 cm³/mol. The average Bonchev–Trinajstić information content (AvgIpc) is 2.26. The van der Waals surface area contributed by atoms with Crippen molar-refractivity contribution in [2.45, 2.75) is 37.6 Å². The lowest BCUT2D eigenvalue weighted by Gasteiger charge is -2.24. The molecule has 0 saturated carbocycles. The molecule has 1 aromatic carbocycles. The second kappa shape index (κ2) is 5.89. The van der Waals surface area contributed by atoms with Crippen molar-refractivity contribution in [3.63, 3.8) is 0 Å². The van der Waals surface area contributed by atoms with Gasteiger partial charge in [0, 0.05) is 5.54 Å². The van der Waals surface area contributed by atoms with Crippen molar-refractivity contribution in [1.29, 1.82) is 0 Å². The molecule has 8 heteroatoms. The molecule has 0 saturated heterocycles. The maximum absolute atomic E-state index is 12.2. The Morgan fingerprint density at radius 1 is 1.30 bits per heavy atom. The van der Waals surface area contributed by atoms with Gasteiger partial charge in [-0.2, -0.15) is 0 Å². The molecule has 0 aromatic heterocycles. The van der Waals surface area contributed by atoms with Gasteiger partial charge in [0.1, 0.15) is 4.90 Å². The molecule has 20 heavy (non-hydrogen) atoms. The smallest absolute Gasteiger partial charge is 0.253 e. The second-order valence-corrected chi connectivity index (χ2v) is 7.34. The highest BCUT2D eigenvalue weighted by atomic mass is 35.5. The molecule has 0 aliphatic carbocycles. The Kier molecular flexibility index (Phi) is 5.08. The van der Waals surface area contributed by atoms with Crippen LogP contribution in [0.15, 0.2) is 17.0 Å². The number of nitrogens with one attached hydrogen (secondary N) is 1. The van der Waals surface area contributed by atoms with Crippen molar-refractivity contribution in [3.05, 3.63) is 27.7 Å². The molecule has 1 amide bonds. The highest BCUT2D eigenvalue weighted by molar-refractivity contribution is 7.89. The van der Waals surface area contributed by atoms with Gasteiger partial charge in [-0.1, -0.05) is 30.1 Å². The molecule has 0 unspecified atom stereocenters. The van der Waals surface area contributed by atoms with Crippen LogP contribution in [0.25, 0.3) is 0 Å². The molecule has 112 valence electrons. The Bertz CT molecular complexity index is 642. The van der Waals surface area contributed by atoms with Gasteiger partial charge in [0.2, 0.25) is 10.0 Å². The first-order chi connectivity index (χ1) is 8.98. The summed E-state index contributed by atoms with van der Waals surface area (Å²) in [4.78, 5) is 11.8. The monoisotopic (exact) mass is 338 g/mol. The fourth-order valence-electron chi connectivity index (χ4n) is 1.38. The summed E-state index contributed by atoms with van der Waals surface area (Å²) >= 11 is 11.7. The topological polar surface area (TPSA) is 89.3 Å². The molecule has 0 spiro atoms. The molecule has 0 fully saturated rings. The lowest BCUT2D eigenvalue weighted by molar-refractivity contribution is 0.0911. The number of hydrogen-bond acceptors (Lipinski definition) is 3. The van der Waals surface area contributed by atoms with Crippen LogP contribution in [0.3, 0.4) is 0 Å². The zero-order chi connectivity index (χ0) is 15.7. The lowest BCUT2D eigenvalue weighted by atomic mass is 10.0. The maximum Gasteiger partial charge on any atom is 0.253 e. The van der Waals surface area contributed by atoms with Crippen LogP contribution in [0.4, 0.5) is 0 Å². The first-order valence-corrected chi connectivity index (χ1v) is 8.12. The van der Waals surface area contributed by atoms with E-state index in [0.29, 0.717) is 6.42 Å². The lowest BCUT2D eigenvalue weighted by Crippen LogP contribution is -2.42. The van der Waals surface area contributed by atoms with Crippen LogP contribution in [-0.2, 0) is 10.0 Å². The Labute approximate surface area is 128 Å². The zero-order valence-corrected chi connectivity index (χ0v) is 13.7. The van der Waals surface area contributed by atoms with Gasteiger partial charge in [-0.05, 0) is 32.4 Å². The van der Waals surface area contributed by atoms with Gasteiger partial charge >= 0.3 is 0 Å². The van der Waals surface area contributed by atoms with E-state index >= 15 is 0 Å². The van der Waals surface area contributed by atoms with Crippen LogP contribution < -0.4 is 10.5 Å². The average molecular weight is 339 g/mol. The number of carbonyl (C=O) groups is 1. The molecule has 1 aromatic rings. The second-order valence-electron chi connectivity index (χ2n) is 5.00. The van der Waals surface area contributed by atoms with Crippen molar-refractivity contribution < 1.29 is 13.2 Å². The number of sulfonamides is 1. The minimum atomic E-state index is -4.03. The molecule has 3 N–H and O–H groups in total. The summed E-state index contributed by atoms with van der Waals surface area (Å²) in [5, 5.41) is 7.74. The summed E-state index contributed by atoms with van der Waals surface area (Å²) < 4.78 is 22.8. The van der Waals surface area contributed by atoms with E-state index in [1.807, 2.05) is 20.8 Å². The largest absolute Gasteiger partial charge is 0.347 e. The highest BCUT2D eigenvalue weighted by Gasteiger charge is 2.23. The highest BCUT2D eigenvalue weighted by Crippen LogP contribution is 2.28. The molecular formula is C12H16Cl2N2O3S. The number of halogens is 2. The summed E-state index contributed by atoms with van der Waals surface area (Å²) in [6.45, 7) is 5.60. The van der Waals surface area contributed by atoms with Crippen molar-refractivity contribution in [2.24, 2.45) is 5.14 Å². The summed E-state index contributed by atoms with van der Waals surface area (Å²) in [6.07, 6.45) is 0.700. The number of hydrogen-bond donors (Lipinski definition) is 2. The van der Waals surface area contributed by atoms with Crippen molar-refractivity contribution >= 4 is 39.1 Å². The van der Waals surface area contributed by atoms with Gasteiger partial charge < -0.3 is 5.32 Å². The van der Waals surface area contributed by atoms with Crippen molar-refractivity contribution in [1.82, 2.24) is 5.32 Å². The first-order valence-electron chi connectivity index (χ1n) is 5.82. The molecular weight excluding hydrogens is 323 g/mol. The van der Waals surface area contributed by atoms with Gasteiger partial charge in [-0.25, -0.2) is 13.6 Å². The Morgan fingerprint density at radius 3 is 2.30 bits per heavy atom. The Morgan fingerprint density at radius 2 is 1.85 bits per heavy atom. The van der Waals surface area contributed by atoms with Crippen LogP contribution in [-0.4, -0.2) is 19.9 Å². The van der Waals surface area contributed by atoms with E-state index in [1.165, 1.54) is 6.07 Å². The third-order valence-electron chi connectivity index (χ3n) is 2.91. The minimum absolute atomic E-state index is 0.0154. The number of primary sulfonamides is 1. The molecule has 0 heterocycles. The van der Waals surface area contributed by atoms with Crippen LogP contribution in [0.2, 0.25) is 10.0 Å². The summed E-state index contributed by atoms with van der Waals surface area (Å²) in [5.41, 5.74) is -0.427. The van der Waals surface area contributed by atoms with Crippen LogP contribution in [0.1, 0.15) is 37.6 Å². The van der Waals surface area contributed by atoms with E-state index < -0.39 is 21.5 Å². The van der Waals surface area contributed by atoms with E-state index in [-0.39, 0.29) is 20.5 Å². The third kappa shape index (κ3) is 4.09. The molecule has 5 nitrogen and oxygen atoms in total. The fraction of sp³-hybridized carbons (Fsp3) is 0.417. The van der Waals surface area contributed by atoms with E-state index in [0.717, 1.165) is 6.07 Å². The summed E-state index contributed by atoms with van der Waals surface area (Å²) in [7, 11) is -4.03. The minimum Gasteiger partial charge on any atom is -0.347 e. The van der Waals surface area contributed by atoms with Crippen molar-refractivity contribution in [2.75, 3.05) is 0 Å². The maximum atomic E-state index is 12.2. The van der Waals surface area contributed by atoms with E-state index in [1.54, 1.807) is 0 Å². The fourth-order valence-corrected chi connectivity index (χ4v) is 2.79. The van der Waals surface area contributed by atoms with E-state index in [4.69, 9.17) is 28.3 Å². The van der Waals surface area contributed by atoms with Crippen molar-refractivity contribution in [3.8, 4) is 0 Å². The van der Waals surface area contributed by atoms with Crippen LogP contribution in [0, 0.1) is 0 Å². The quantitative estimate of drug-likeness (QED) is 0.883.